The standard InChI is InChI=1S/C8H4BrF2IN2/c9-7-4(1-2-13)3-5(12)6(14-7)8(10)11/h3,8H,1H2. The van der Waals surface area contributed by atoms with Crippen molar-refractivity contribution in [3.8, 4) is 6.07 Å². The normalized spacial score (nSPS) is 10.3. The minimum Gasteiger partial charge on any atom is -0.238 e. The van der Waals surface area contributed by atoms with Crippen LogP contribution in [0.3, 0.4) is 0 Å². The van der Waals surface area contributed by atoms with E-state index in [0.717, 1.165) is 0 Å². The minimum absolute atomic E-state index is 0.160. The predicted octanol–water partition coefficient (Wildman–Crippen LogP) is 3.45. The molecule has 0 saturated heterocycles. The van der Waals surface area contributed by atoms with Gasteiger partial charge in [-0.15, -0.1) is 0 Å². The summed E-state index contributed by atoms with van der Waals surface area (Å²) in [7, 11) is 0. The van der Waals surface area contributed by atoms with Crippen molar-refractivity contribution in [1.82, 2.24) is 4.98 Å². The Morgan fingerprint density at radius 2 is 2.29 bits per heavy atom. The van der Waals surface area contributed by atoms with E-state index >= 15 is 0 Å². The third-order valence-electron chi connectivity index (χ3n) is 1.51. The third-order valence-corrected chi connectivity index (χ3v) is 3.06. The molecule has 0 spiro atoms. The molecule has 0 aliphatic rings. The zero-order valence-electron chi connectivity index (χ0n) is 6.77. The van der Waals surface area contributed by atoms with Gasteiger partial charge in [0.2, 0.25) is 0 Å². The van der Waals surface area contributed by atoms with Gasteiger partial charge in [-0.05, 0) is 44.6 Å². The van der Waals surface area contributed by atoms with Crippen LogP contribution in [0, 0.1) is 14.9 Å². The fraction of sp³-hybridized carbons (Fsp3) is 0.250. The van der Waals surface area contributed by atoms with Crippen molar-refractivity contribution in [3.63, 3.8) is 0 Å². The number of hydrogen-bond acceptors (Lipinski definition) is 2. The first-order valence-electron chi connectivity index (χ1n) is 3.56. The molecule has 0 aliphatic carbocycles. The van der Waals surface area contributed by atoms with Crippen LogP contribution in [0.4, 0.5) is 8.78 Å². The van der Waals surface area contributed by atoms with Crippen LogP contribution in [0.5, 0.6) is 0 Å². The second kappa shape index (κ2) is 4.98. The van der Waals surface area contributed by atoms with E-state index in [1.165, 1.54) is 0 Å². The lowest BCUT2D eigenvalue weighted by atomic mass is 10.2. The Labute approximate surface area is 102 Å². The molecular weight excluding hydrogens is 369 g/mol. The van der Waals surface area contributed by atoms with Crippen molar-refractivity contribution in [2.24, 2.45) is 0 Å². The van der Waals surface area contributed by atoms with Gasteiger partial charge in [-0.2, -0.15) is 5.26 Å². The smallest absolute Gasteiger partial charge is 0.238 e. The second-order valence-electron chi connectivity index (χ2n) is 2.44. The summed E-state index contributed by atoms with van der Waals surface area (Å²) in [6, 6.07) is 3.48. The molecule has 1 aromatic heterocycles. The van der Waals surface area contributed by atoms with Gasteiger partial charge in [0.15, 0.2) is 0 Å². The Hall–Kier alpha value is -0.290. The summed E-state index contributed by atoms with van der Waals surface area (Å²) in [6.45, 7) is 0. The average Bonchev–Trinajstić information content (AvgIpc) is 2.10. The van der Waals surface area contributed by atoms with Crippen molar-refractivity contribution < 1.29 is 8.78 Å². The van der Waals surface area contributed by atoms with Crippen LogP contribution in [0.15, 0.2) is 10.7 Å². The molecule has 1 heterocycles. The number of alkyl halides is 2. The summed E-state index contributed by atoms with van der Waals surface area (Å²) in [5.41, 5.74) is 0.375. The van der Waals surface area contributed by atoms with Crippen LogP contribution in [0.2, 0.25) is 0 Å². The van der Waals surface area contributed by atoms with E-state index in [1.54, 1.807) is 28.7 Å². The van der Waals surface area contributed by atoms with Crippen molar-refractivity contribution in [2.45, 2.75) is 12.8 Å². The quantitative estimate of drug-likeness (QED) is 0.589. The SMILES string of the molecule is N#CCc1cc(I)c(C(F)F)nc1Br. The summed E-state index contributed by atoms with van der Waals surface area (Å²) in [5, 5.41) is 8.46. The van der Waals surface area contributed by atoms with E-state index < -0.39 is 6.43 Å². The zero-order valence-corrected chi connectivity index (χ0v) is 10.5. The maximum atomic E-state index is 12.4. The molecule has 1 aromatic rings. The lowest BCUT2D eigenvalue weighted by Crippen LogP contribution is -1.98. The summed E-state index contributed by atoms with van der Waals surface area (Å²) in [5.74, 6) is 0. The molecule has 0 saturated carbocycles. The van der Waals surface area contributed by atoms with Gasteiger partial charge in [-0.25, -0.2) is 13.8 Å². The molecule has 0 aliphatic heterocycles. The summed E-state index contributed by atoms with van der Waals surface area (Å²) in [4.78, 5) is 3.70. The number of pyridine rings is 1. The average molecular weight is 373 g/mol. The van der Waals surface area contributed by atoms with Crippen molar-refractivity contribution >= 4 is 38.5 Å². The van der Waals surface area contributed by atoms with E-state index in [4.69, 9.17) is 5.26 Å². The molecule has 1 rings (SSSR count). The van der Waals surface area contributed by atoms with E-state index in [1.807, 2.05) is 6.07 Å². The molecule has 74 valence electrons. The largest absolute Gasteiger partial charge is 0.281 e. The van der Waals surface area contributed by atoms with Crippen LogP contribution in [-0.4, -0.2) is 4.98 Å². The van der Waals surface area contributed by atoms with Gasteiger partial charge >= 0.3 is 0 Å². The molecule has 2 nitrogen and oxygen atoms in total. The van der Waals surface area contributed by atoms with E-state index in [-0.39, 0.29) is 12.1 Å². The van der Waals surface area contributed by atoms with E-state index in [2.05, 4.69) is 20.9 Å². The molecule has 0 radical (unpaired) electrons. The molecule has 0 aromatic carbocycles. The van der Waals surface area contributed by atoms with Crippen LogP contribution >= 0.6 is 38.5 Å². The zero-order chi connectivity index (χ0) is 10.7. The highest BCUT2D eigenvalue weighted by Crippen LogP contribution is 2.27. The molecule has 0 fully saturated rings. The van der Waals surface area contributed by atoms with Gasteiger partial charge in [0.1, 0.15) is 10.3 Å². The minimum atomic E-state index is -2.59. The third kappa shape index (κ3) is 2.60. The number of halogens is 4. The summed E-state index contributed by atoms with van der Waals surface area (Å²) in [6.07, 6.45) is -2.43. The molecule has 0 atom stereocenters. The lowest BCUT2D eigenvalue weighted by molar-refractivity contribution is 0.145. The van der Waals surface area contributed by atoms with Gasteiger partial charge in [0.05, 0.1) is 12.5 Å². The highest BCUT2D eigenvalue weighted by molar-refractivity contribution is 14.1. The number of rotatable bonds is 2. The van der Waals surface area contributed by atoms with Crippen LogP contribution in [0.25, 0.3) is 0 Å². The number of hydrogen-bond donors (Lipinski definition) is 0. The van der Waals surface area contributed by atoms with Crippen molar-refractivity contribution in [3.05, 3.63) is 25.5 Å². The Kier molecular flexibility index (Phi) is 4.19. The number of nitrogens with zero attached hydrogens (tertiary/aromatic N) is 2. The Morgan fingerprint density at radius 3 is 2.79 bits per heavy atom. The first kappa shape index (κ1) is 11.8. The Balaban J connectivity index is 3.18. The molecule has 6 heteroatoms. The number of nitriles is 1. The maximum Gasteiger partial charge on any atom is 0.281 e. The molecular formula is C8H4BrF2IN2. The fourth-order valence-corrected chi connectivity index (χ4v) is 2.06. The van der Waals surface area contributed by atoms with Crippen LogP contribution < -0.4 is 0 Å². The van der Waals surface area contributed by atoms with Crippen LogP contribution in [0.1, 0.15) is 17.7 Å². The molecule has 0 bridgehead atoms. The van der Waals surface area contributed by atoms with Gasteiger partial charge < -0.3 is 0 Å². The van der Waals surface area contributed by atoms with Crippen LogP contribution in [-0.2, 0) is 6.42 Å². The summed E-state index contributed by atoms with van der Waals surface area (Å²) < 4.78 is 25.4. The fourth-order valence-electron chi connectivity index (χ4n) is 0.880. The maximum absolute atomic E-state index is 12.4. The van der Waals surface area contributed by atoms with Gasteiger partial charge in [-0.3, -0.25) is 0 Å². The predicted molar refractivity (Wildman–Crippen MR) is 58.9 cm³/mol. The monoisotopic (exact) mass is 372 g/mol. The van der Waals surface area contributed by atoms with Gasteiger partial charge in [-0.1, -0.05) is 0 Å². The highest BCUT2D eigenvalue weighted by atomic mass is 127. The first-order chi connectivity index (χ1) is 6.56. The Morgan fingerprint density at radius 1 is 1.64 bits per heavy atom. The van der Waals surface area contributed by atoms with E-state index in [0.29, 0.717) is 13.7 Å². The summed E-state index contributed by atoms with van der Waals surface area (Å²) >= 11 is 4.84. The van der Waals surface area contributed by atoms with E-state index in [9.17, 15) is 8.78 Å². The van der Waals surface area contributed by atoms with Crippen molar-refractivity contribution in [1.29, 1.82) is 5.26 Å². The molecule has 0 N–H and O–H groups in total. The molecule has 0 unspecified atom stereocenters. The van der Waals surface area contributed by atoms with Gasteiger partial charge in [0.25, 0.3) is 6.43 Å². The topological polar surface area (TPSA) is 36.7 Å². The second-order valence-corrected chi connectivity index (χ2v) is 4.35. The molecule has 0 amide bonds. The first-order valence-corrected chi connectivity index (χ1v) is 5.43. The number of aromatic nitrogens is 1. The molecule has 14 heavy (non-hydrogen) atoms. The van der Waals surface area contributed by atoms with Crippen molar-refractivity contribution in [2.75, 3.05) is 0 Å². The lowest BCUT2D eigenvalue weighted by Gasteiger charge is -2.05. The highest BCUT2D eigenvalue weighted by Gasteiger charge is 2.16. The Bertz CT molecular complexity index is 390. The van der Waals surface area contributed by atoms with Gasteiger partial charge in [0, 0.05) is 9.13 Å².